The molecule has 1 N–H and O–H groups in total. The molecule has 0 radical (unpaired) electrons. The van der Waals surface area contributed by atoms with Crippen LogP contribution in [-0.4, -0.2) is 34.2 Å². The third kappa shape index (κ3) is 1.47. The molecule has 4 heteroatoms. The minimum atomic E-state index is 0.367. The van der Waals surface area contributed by atoms with Gasteiger partial charge in [0, 0.05) is 18.8 Å². The quantitative estimate of drug-likeness (QED) is 0.595. The number of hydrogen-bond acceptors (Lipinski definition) is 3. The Bertz CT molecular complexity index is 215. The van der Waals surface area contributed by atoms with Crippen molar-refractivity contribution in [2.45, 2.75) is 20.0 Å². The van der Waals surface area contributed by atoms with E-state index in [0.29, 0.717) is 11.6 Å². The Labute approximate surface area is 83.1 Å². The van der Waals surface area contributed by atoms with Gasteiger partial charge in [0.1, 0.15) is 4.32 Å². The van der Waals surface area contributed by atoms with E-state index < -0.39 is 0 Å². The number of nitrogens with one attached hydrogen (secondary N) is 1. The Morgan fingerprint density at radius 1 is 1.67 bits per heavy atom. The third-order valence-electron chi connectivity index (χ3n) is 2.39. The van der Waals surface area contributed by atoms with E-state index >= 15 is 0 Å². The van der Waals surface area contributed by atoms with Crippen molar-refractivity contribution in [2.75, 3.05) is 18.8 Å². The van der Waals surface area contributed by atoms with Crippen molar-refractivity contribution < 1.29 is 0 Å². The highest BCUT2D eigenvalue weighted by molar-refractivity contribution is 8.23. The molecule has 0 saturated carbocycles. The molecule has 0 aliphatic carbocycles. The minimum absolute atomic E-state index is 0.367. The summed E-state index contributed by atoms with van der Waals surface area (Å²) >= 11 is 7.07. The van der Waals surface area contributed by atoms with E-state index in [2.05, 4.69) is 24.1 Å². The second-order valence-electron chi connectivity index (χ2n) is 4.27. The molecule has 0 spiro atoms. The molecule has 2 aliphatic rings. The fourth-order valence-electron chi connectivity index (χ4n) is 1.71. The van der Waals surface area contributed by atoms with Gasteiger partial charge in [-0.05, 0) is 5.41 Å². The van der Waals surface area contributed by atoms with Crippen molar-refractivity contribution in [3.8, 4) is 0 Å². The van der Waals surface area contributed by atoms with Gasteiger partial charge in [-0.1, -0.05) is 37.8 Å². The van der Waals surface area contributed by atoms with Crippen molar-refractivity contribution in [1.82, 2.24) is 10.2 Å². The number of thioether (sulfide) groups is 1. The molecule has 2 nitrogen and oxygen atoms in total. The average molecular weight is 202 g/mol. The number of hydrogen-bond donors (Lipinski definition) is 1. The summed E-state index contributed by atoms with van der Waals surface area (Å²) in [6, 6.07) is 0. The van der Waals surface area contributed by atoms with Crippen molar-refractivity contribution in [1.29, 1.82) is 0 Å². The molecule has 2 heterocycles. The lowest BCUT2D eigenvalue weighted by molar-refractivity contribution is 0.138. The predicted octanol–water partition coefficient (Wildman–Crippen LogP) is 1.28. The zero-order valence-corrected chi connectivity index (χ0v) is 9.10. The molecule has 0 amide bonds. The first-order valence-corrected chi connectivity index (χ1v) is 5.65. The Balaban J connectivity index is 2.11. The highest BCUT2D eigenvalue weighted by atomic mass is 32.2. The molecule has 2 fully saturated rings. The molecule has 12 heavy (non-hydrogen) atoms. The largest absolute Gasteiger partial charge is 0.341 e. The van der Waals surface area contributed by atoms with Crippen LogP contribution >= 0.6 is 24.0 Å². The molecule has 0 bridgehead atoms. The molecule has 0 aromatic carbocycles. The summed E-state index contributed by atoms with van der Waals surface area (Å²) in [6.45, 7) is 6.78. The van der Waals surface area contributed by atoms with Crippen LogP contribution in [0.4, 0.5) is 0 Å². The van der Waals surface area contributed by atoms with Crippen molar-refractivity contribution in [2.24, 2.45) is 5.41 Å². The lowest BCUT2D eigenvalue weighted by Crippen LogP contribution is -2.57. The summed E-state index contributed by atoms with van der Waals surface area (Å²) in [4.78, 5) is 2.32. The maximum Gasteiger partial charge on any atom is 0.137 e. The Hall–Kier alpha value is 0.200. The fourth-order valence-corrected chi connectivity index (χ4v) is 3.06. The van der Waals surface area contributed by atoms with Crippen molar-refractivity contribution in [3.63, 3.8) is 0 Å². The summed E-state index contributed by atoms with van der Waals surface area (Å²) in [5, 5.41) is 3.52. The summed E-state index contributed by atoms with van der Waals surface area (Å²) in [5.41, 5.74) is 0.367. The van der Waals surface area contributed by atoms with E-state index in [-0.39, 0.29) is 0 Å². The number of fused-ring (bicyclic) bond motifs is 1. The van der Waals surface area contributed by atoms with Gasteiger partial charge in [-0.25, -0.2) is 0 Å². The van der Waals surface area contributed by atoms with Crippen LogP contribution in [-0.2, 0) is 0 Å². The molecule has 68 valence electrons. The highest BCUT2D eigenvalue weighted by Crippen LogP contribution is 2.30. The van der Waals surface area contributed by atoms with Gasteiger partial charge in [0.15, 0.2) is 0 Å². The standard InChI is InChI=1S/C8H14N2S2/c1-8(2)4-9-6-3-12-7(11)10(6)5-8/h6,9H,3-5H2,1-2H3/t6-/m0/s1. The van der Waals surface area contributed by atoms with Crippen LogP contribution in [0, 0.1) is 5.41 Å². The summed E-state index contributed by atoms with van der Waals surface area (Å²) in [7, 11) is 0. The first-order chi connectivity index (χ1) is 5.58. The van der Waals surface area contributed by atoms with Gasteiger partial charge in [-0.3, -0.25) is 5.32 Å². The maximum absolute atomic E-state index is 5.27. The topological polar surface area (TPSA) is 15.3 Å². The van der Waals surface area contributed by atoms with E-state index in [1.54, 1.807) is 11.8 Å². The van der Waals surface area contributed by atoms with Gasteiger partial charge < -0.3 is 4.90 Å². The van der Waals surface area contributed by atoms with E-state index in [1.807, 2.05) is 0 Å². The maximum atomic E-state index is 5.27. The second-order valence-corrected chi connectivity index (χ2v) is 5.92. The zero-order chi connectivity index (χ0) is 8.77. The average Bonchev–Trinajstić information content (AvgIpc) is 2.31. The van der Waals surface area contributed by atoms with Gasteiger partial charge in [-0.2, -0.15) is 0 Å². The highest BCUT2D eigenvalue weighted by Gasteiger charge is 2.37. The second kappa shape index (κ2) is 2.86. The third-order valence-corrected chi connectivity index (χ3v) is 3.94. The molecule has 0 aromatic rings. The molecule has 0 unspecified atom stereocenters. The van der Waals surface area contributed by atoms with Crippen molar-refractivity contribution >= 4 is 28.3 Å². The van der Waals surface area contributed by atoms with Crippen LogP contribution in [0.1, 0.15) is 13.8 Å². The SMILES string of the molecule is CC1(C)CN[C@@H]2CSC(=S)N2C1. The van der Waals surface area contributed by atoms with E-state index in [9.17, 15) is 0 Å². The summed E-state index contributed by atoms with van der Waals surface area (Å²) in [5.74, 6) is 1.12. The molecule has 2 saturated heterocycles. The van der Waals surface area contributed by atoms with Crippen LogP contribution < -0.4 is 5.32 Å². The predicted molar refractivity (Wildman–Crippen MR) is 57.3 cm³/mol. The summed E-state index contributed by atoms with van der Waals surface area (Å²) < 4.78 is 1.07. The minimum Gasteiger partial charge on any atom is -0.341 e. The van der Waals surface area contributed by atoms with Gasteiger partial charge in [0.2, 0.25) is 0 Å². The van der Waals surface area contributed by atoms with Gasteiger partial charge in [0.25, 0.3) is 0 Å². The van der Waals surface area contributed by atoms with Crippen LogP contribution in [0.5, 0.6) is 0 Å². The Kier molecular flexibility index (Phi) is 2.09. The normalized spacial score (nSPS) is 33.7. The van der Waals surface area contributed by atoms with Gasteiger partial charge >= 0.3 is 0 Å². The smallest absolute Gasteiger partial charge is 0.137 e. The van der Waals surface area contributed by atoms with E-state index in [1.165, 1.54) is 0 Å². The molecular weight excluding hydrogens is 188 g/mol. The van der Waals surface area contributed by atoms with E-state index in [4.69, 9.17) is 12.2 Å². The molecule has 0 aromatic heterocycles. The Morgan fingerprint density at radius 3 is 3.17 bits per heavy atom. The van der Waals surface area contributed by atoms with Crippen LogP contribution in [0.3, 0.4) is 0 Å². The van der Waals surface area contributed by atoms with E-state index in [0.717, 1.165) is 23.2 Å². The lowest BCUT2D eigenvalue weighted by Gasteiger charge is -2.41. The Morgan fingerprint density at radius 2 is 2.42 bits per heavy atom. The lowest BCUT2D eigenvalue weighted by atomic mass is 9.90. The number of thiocarbonyl (C=S) groups is 1. The number of rotatable bonds is 0. The molecule has 1 atom stereocenters. The first kappa shape index (κ1) is 8.78. The molecular formula is C8H14N2S2. The zero-order valence-electron chi connectivity index (χ0n) is 7.46. The van der Waals surface area contributed by atoms with Gasteiger partial charge in [0.05, 0.1) is 6.17 Å². The van der Waals surface area contributed by atoms with Crippen molar-refractivity contribution in [3.05, 3.63) is 0 Å². The van der Waals surface area contributed by atoms with Gasteiger partial charge in [-0.15, -0.1) is 0 Å². The monoisotopic (exact) mass is 202 g/mol. The van der Waals surface area contributed by atoms with Crippen LogP contribution in [0.25, 0.3) is 0 Å². The number of nitrogens with zero attached hydrogens (tertiary/aromatic N) is 1. The first-order valence-electron chi connectivity index (χ1n) is 4.25. The van der Waals surface area contributed by atoms with Crippen LogP contribution in [0.15, 0.2) is 0 Å². The van der Waals surface area contributed by atoms with Crippen LogP contribution in [0.2, 0.25) is 0 Å². The molecule has 2 aliphatic heterocycles. The summed E-state index contributed by atoms with van der Waals surface area (Å²) in [6.07, 6.45) is 0.510. The fraction of sp³-hybridized carbons (Fsp3) is 0.875. The molecule has 2 rings (SSSR count).